The molecule has 152 valence electrons. The zero-order chi connectivity index (χ0) is 20.6. The van der Waals surface area contributed by atoms with Gasteiger partial charge in [0.25, 0.3) is 0 Å². The number of hydrogen-bond donors (Lipinski definition) is 2. The third-order valence-electron chi connectivity index (χ3n) is 5.79. The molecule has 2 atom stereocenters. The number of anilines is 3. The van der Waals surface area contributed by atoms with Gasteiger partial charge in [0, 0.05) is 24.3 Å². The second kappa shape index (κ2) is 7.54. The number of para-hydroxylation sites is 2. The molecule has 0 aliphatic heterocycles. The number of carbonyl (C=O) groups is 1. The van der Waals surface area contributed by atoms with Crippen molar-refractivity contribution in [3.05, 3.63) is 48.5 Å². The highest BCUT2D eigenvalue weighted by atomic mass is 16.1. The molecular weight excluding hydrogens is 360 g/mol. The summed E-state index contributed by atoms with van der Waals surface area (Å²) in [6.07, 6.45) is 3.58. The van der Waals surface area contributed by atoms with Crippen LogP contribution in [0.25, 0.3) is 11.0 Å². The number of hydrogen-bond acceptors (Lipinski definition) is 3. The Kier molecular flexibility index (Phi) is 5.07. The Labute approximate surface area is 172 Å². The van der Waals surface area contributed by atoms with Crippen LogP contribution < -0.4 is 10.6 Å². The lowest BCUT2D eigenvalue weighted by molar-refractivity contribution is -0.114. The lowest BCUT2D eigenvalue weighted by Gasteiger charge is -2.40. The molecule has 2 aromatic carbocycles. The zero-order valence-corrected chi connectivity index (χ0v) is 17.7. The summed E-state index contributed by atoms with van der Waals surface area (Å²) in [6, 6.07) is 16.6. The van der Waals surface area contributed by atoms with Gasteiger partial charge < -0.3 is 15.2 Å². The fourth-order valence-corrected chi connectivity index (χ4v) is 4.96. The van der Waals surface area contributed by atoms with Gasteiger partial charge in [-0.15, -0.1) is 0 Å². The van der Waals surface area contributed by atoms with Crippen LogP contribution in [0.5, 0.6) is 0 Å². The molecule has 29 heavy (non-hydrogen) atoms. The van der Waals surface area contributed by atoms with Crippen LogP contribution in [0, 0.1) is 11.3 Å². The largest absolute Gasteiger partial charge is 0.326 e. The standard InChI is InChI=1S/C24H30N4O/c1-16-13-20(15-24(3,4)14-16)28-22-8-6-5-7-21(22)27-23(28)26-19-11-9-18(10-12-19)25-17(2)29/h5-12,16,20H,13-15H2,1-4H3,(H,25,29)(H,26,27). The number of rotatable bonds is 4. The van der Waals surface area contributed by atoms with Crippen molar-refractivity contribution < 1.29 is 4.79 Å². The molecule has 0 bridgehead atoms. The zero-order valence-electron chi connectivity index (χ0n) is 17.7. The molecule has 1 aliphatic rings. The van der Waals surface area contributed by atoms with E-state index in [1.54, 1.807) is 0 Å². The molecule has 3 aromatic rings. The molecule has 1 fully saturated rings. The van der Waals surface area contributed by atoms with E-state index in [9.17, 15) is 4.79 Å². The van der Waals surface area contributed by atoms with E-state index in [1.165, 1.54) is 25.3 Å². The molecule has 5 heteroatoms. The van der Waals surface area contributed by atoms with Gasteiger partial charge in [0.1, 0.15) is 0 Å². The SMILES string of the molecule is CC(=O)Nc1ccc(Nc2nc3ccccc3n2C2CC(C)CC(C)(C)C2)cc1. The van der Waals surface area contributed by atoms with Crippen LogP contribution in [0.4, 0.5) is 17.3 Å². The van der Waals surface area contributed by atoms with Crippen LogP contribution in [-0.2, 0) is 4.79 Å². The molecule has 0 radical (unpaired) electrons. The van der Waals surface area contributed by atoms with Crippen molar-refractivity contribution in [2.75, 3.05) is 10.6 Å². The maximum absolute atomic E-state index is 11.2. The van der Waals surface area contributed by atoms with Gasteiger partial charge in [-0.05, 0) is 67.0 Å². The predicted molar refractivity (Wildman–Crippen MR) is 120 cm³/mol. The van der Waals surface area contributed by atoms with E-state index in [0.29, 0.717) is 17.4 Å². The average Bonchev–Trinajstić information content (AvgIpc) is 2.99. The molecular formula is C24H30N4O. The Bertz CT molecular complexity index is 1020. The molecule has 1 heterocycles. The summed E-state index contributed by atoms with van der Waals surface area (Å²) in [4.78, 5) is 16.2. The van der Waals surface area contributed by atoms with E-state index < -0.39 is 0 Å². The minimum atomic E-state index is -0.0680. The number of aromatic nitrogens is 2. The van der Waals surface area contributed by atoms with Crippen molar-refractivity contribution >= 4 is 34.3 Å². The highest BCUT2D eigenvalue weighted by Gasteiger charge is 2.34. The first-order chi connectivity index (χ1) is 13.8. The molecule has 1 aromatic heterocycles. The third-order valence-corrected chi connectivity index (χ3v) is 5.79. The lowest BCUT2D eigenvalue weighted by Crippen LogP contribution is -2.29. The van der Waals surface area contributed by atoms with E-state index in [2.05, 4.69) is 54.2 Å². The molecule has 0 saturated heterocycles. The van der Waals surface area contributed by atoms with Crippen LogP contribution in [0.2, 0.25) is 0 Å². The van der Waals surface area contributed by atoms with Crippen molar-refractivity contribution in [1.82, 2.24) is 9.55 Å². The minimum Gasteiger partial charge on any atom is -0.326 e. The van der Waals surface area contributed by atoms with Crippen LogP contribution in [0.3, 0.4) is 0 Å². The Balaban J connectivity index is 1.69. The van der Waals surface area contributed by atoms with E-state index in [-0.39, 0.29) is 5.91 Å². The van der Waals surface area contributed by atoms with Crippen LogP contribution in [0.1, 0.15) is 53.0 Å². The van der Waals surface area contributed by atoms with Gasteiger partial charge in [0.15, 0.2) is 0 Å². The van der Waals surface area contributed by atoms with Gasteiger partial charge >= 0.3 is 0 Å². The fraction of sp³-hybridized carbons (Fsp3) is 0.417. The third kappa shape index (κ3) is 4.29. The van der Waals surface area contributed by atoms with E-state index >= 15 is 0 Å². The number of carbonyl (C=O) groups excluding carboxylic acids is 1. The molecule has 1 amide bonds. The monoisotopic (exact) mass is 390 g/mol. The number of nitrogens with zero attached hydrogens (tertiary/aromatic N) is 2. The van der Waals surface area contributed by atoms with E-state index in [0.717, 1.165) is 29.3 Å². The molecule has 2 N–H and O–H groups in total. The number of benzene rings is 2. The Morgan fingerprint density at radius 1 is 1.07 bits per heavy atom. The van der Waals surface area contributed by atoms with Gasteiger partial charge in [0.05, 0.1) is 11.0 Å². The van der Waals surface area contributed by atoms with Crippen molar-refractivity contribution in [1.29, 1.82) is 0 Å². The van der Waals surface area contributed by atoms with Gasteiger partial charge in [-0.25, -0.2) is 4.98 Å². The molecule has 2 unspecified atom stereocenters. The quantitative estimate of drug-likeness (QED) is 0.564. The fourth-order valence-electron chi connectivity index (χ4n) is 4.96. The molecule has 5 nitrogen and oxygen atoms in total. The number of fused-ring (bicyclic) bond motifs is 1. The average molecular weight is 391 g/mol. The van der Waals surface area contributed by atoms with Gasteiger partial charge in [-0.2, -0.15) is 0 Å². The number of nitrogens with one attached hydrogen (secondary N) is 2. The predicted octanol–water partition coefficient (Wildman–Crippen LogP) is 6.13. The van der Waals surface area contributed by atoms with Crippen LogP contribution in [-0.4, -0.2) is 15.5 Å². The highest BCUT2D eigenvalue weighted by molar-refractivity contribution is 5.89. The number of amides is 1. The Morgan fingerprint density at radius 3 is 2.45 bits per heavy atom. The van der Waals surface area contributed by atoms with E-state index in [1.807, 2.05) is 30.3 Å². The van der Waals surface area contributed by atoms with Crippen LogP contribution in [0.15, 0.2) is 48.5 Å². The summed E-state index contributed by atoms with van der Waals surface area (Å²) in [5.74, 6) is 1.50. The number of imidazole rings is 1. The maximum Gasteiger partial charge on any atom is 0.221 e. The van der Waals surface area contributed by atoms with Crippen molar-refractivity contribution in [2.24, 2.45) is 11.3 Å². The second-order valence-corrected chi connectivity index (χ2v) is 9.24. The lowest BCUT2D eigenvalue weighted by atomic mass is 9.70. The van der Waals surface area contributed by atoms with Gasteiger partial charge in [-0.3, -0.25) is 4.79 Å². The first-order valence-electron chi connectivity index (χ1n) is 10.4. The molecule has 1 aliphatic carbocycles. The minimum absolute atomic E-state index is 0.0680. The van der Waals surface area contributed by atoms with E-state index in [4.69, 9.17) is 4.98 Å². The summed E-state index contributed by atoms with van der Waals surface area (Å²) in [5.41, 5.74) is 4.27. The summed E-state index contributed by atoms with van der Waals surface area (Å²) in [7, 11) is 0. The maximum atomic E-state index is 11.2. The summed E-state index contributed by atoms with van der Waals surface area (Å²) in [5, 5.41) is 6.33. The summed E-state index contributed by atoms with van der Waals surface area (Å²) in [6.45, 7) is 8.63. The summed E-state index contributed by atoms with van der Waals surface area (Å²) < 4.78 is 2.40. The van der Waals surface area contributed by atoms with Gasteiger partial charge in [0.2, 0.25) is 11.9 Å². The van der Waals surface area contributed by atoms with Gasteiger partial charge in [-0.1, -0.05) is 32.9 Å². The molecule has 0 spiro atoms. The molecule has 1 saturated carbocycles. The molecule has 4 rings (SSSR count). The normalized spacial score (nSPS) is 21.1. The highest BCUT2D eigenvalue weighted by Crippen LogP contribution is 2.46. The first kappa shape index (κ1) is 19.5. The van der Waals surface area contributed by atoms with Crippen molar-refractivity contribution in [2.45, 2.75) is 53.0 Å². The smallest absolute Gasteiger partial charge is 0.221 e. The van der Waals surface area contributed by atoms with Crippen molar-refractivity contribution in [3.8, 4) is 0 Å². The van der Waals surface area contributed by atoms with Crippen molar-refractivity contribution in [3.63, 3.8) is 0 Å². The first-order valence-corrected chi connectivity index (χ1v) is 10.4. The Hall–Kier alpha value is -2.82. The Morgan fingerprint density at radius 2 is 1.76 bits per heavy atom. The summed E-state index contributed by atoms with van der Waals surface area (Å²) >= 11 is 0. The second-order valence-electron chi connectivity index (χ2n) is 9.24. The van der Waals surface area contributed by atoms with Crippen LogP contribution >= 0.6 is 0 Å². The topological polar surface area (TPSA) is 59.0 Å².